The van der Waals surface area contributed by atoms with Gasteiger partial charge in [-0.1, -0.05) is 370 Å². The van der Waals surface area contributed by atoms with Gasteiger partial charge in [-0.25, -0.2) is 49.8 Å². The number of benzene rings is 19. The Morgan fingerprint density at radius 1 is 0.149 bits per heavy atom. The van der Waals surface area contributed by atoms with Gasteiger partial charge in [0.15, 0.2) is 40.8 Å². The zero-order valence-corrected chi connectivity index (χ0v) is 79.7. The topological polar surface area (TPSA) is 158 Å². The molecule has 11 aromatic heterocycles. The second kappa shape index (κ2) is 36.0. The summed E-state index contributed by atoms with van der Waals surface area (Å²) >= 11 is 0. The van der Waals surface area contributed by atoms with Crippen LogP contribution in [0.5, 0.6) is 0 Å². The molecule has 0 fully saturated rings. The van der Waals surface area contributed by atoms with Crippen LogP contribution in [0.25, 0.3) is 267 Å². The predicted octanol–water partition coefficient (Wildman–Crippen LogP) is 32.1. The number of fused-ring (bicyclic) bond motifs is 22. The van der Waals surface area contributed by atoms with Crippen molar-refractivity contribution in [3.05, 3.63) is 510 Å². The summed E-state index contributed by atoms with van der Waals surface area (Å²) in [6.45, 7) is 0. The van der Waals surface area contributed by atoms with Crippen LogP contribution in [0.3, 0.4) is 0 Å². The first-order valence-electron chi connectivity index (χ1n) is 49.6. The van der Waals surface area contributed by atoms with Gasteiger partial charge in [-0.3, -0.25) is 9.13 Å². The molecular formula is C132H84N16. The summed E-state index contributed by atoms with van der Waals surface area (Å²) in [5, 5.41) is 15.4. The lowest BCUT2D eigenvalue weighted by molar-refractivity contribution is 1.03. The van der Waals surface area contributed by atoms with Gasteiger partial charge in [0.05, 0.1) is 77.4 Å². The fourth-order valence-corrected chi connectivity index (χ4v) is 21.8. The molecule has 148 heavy (non-hydrogen) atoms. The maximum atomic E-state index is 5.31. The van der Waals surface area contributed by atoms with E-state index in [1.165, 1.54) is 86.7 Å². The number of hydrogen-bond acceptors (Lipinski definition) is 10. The number of pyridine rings is 2. The van der Waals surface area contributed by atoms with E-state index in [1.54, 1.807) is 0 Å². The second-order valence-corrected chi connectivity index (χ2v) is 36.9. The third-order valence-corrected chi connectivity index (χ3v) is 28.3. The van der Waals surface area contributed by atoms with Gasteiger partial charge in [-0.15, -0.1) is 0 Å². The van der Waals surface area contributed by atoms with Gasteiger partial charge < -0.3 is 18.3 Å². The highest BCUT2D eigenvalue weighted by molar-refractivity contribution is 6.29. The molecule has 0 amide bonds. The number of hydrogen-bond donors (Lipinski definition) is 0. The Labute approximate surface area is 848 Å². The van der Waals surface area contributed by atoms with Gasteiger partial charge in [0.25, 0.3) is 0 Å². The van der Waals surface area contributed by atoms with Gasteiger partial charge in [0.2, 0.25) is 0 Å². The Hall–Kier alpha value is -20.4. The van der Waals surface area contributed by atoms with Crippen LogP contribution in [0.2, 0.25) is 0 Å². The maximum absolute atomic E-state index is 5.31. The summed E-state index contributed by atoms with van der Waals surface area (Å²) < 4.78 is 14.1. The summed E-state index contributed by atoms with van der Waals surface area (Å²) in [5.74, 6) is 5.94. The van der Waals surface area contributed by atoms with Gasteiger partial charge in [-0.05, 0) is 133 Å². The van der Waals surface area contributed by atoms with E-state index in [2.05, 4.69) is 361 Å². The van der Waals surface area contributed by atoms with Crippen LogP contribution in [0.4, 0.5) is 0 Å². The minimum Gasteiger partial charge on any atom is -0.309 e. The van der Waals surface area contributed by atoms with Crippen LogP contribution >= 0.6 is 0 Å². The van der Waals surface area contributed by atoms with Crippen molar-refractivity contribution >= 4 is 142 Å². The first kappa shape index (κ1) is 85.6. The summed E-state index contributed by atoms with van der Waals surface area (Å²) in [6.07, 6.45) is 1.90. The zero-order chi connectivity index (χ0) is 97.6. The lowest BCUT2D eigenvalue weighted by atomic mass is 10.1. The molecule has 0 bridgehead atoms. The van der Waals surface area contributed by atoms with Crippen molar-refractivity contribution in [3.8, 4) is 125 Å². The van der Waals surface area contributed by atoms with E-state index in [0.29, 0.717) is 46.5 Å². The quantitative estimate of drug-likeness (QED) is 0.103. The molecule has 11 heterocycles. The van der Waals surface area contributed by atoms with Crippen LogP contribution in [0.15, 0.2) is 510 Å². The van der Waals surface area contributed by atoms with E-state index in [9.17, 15) is 0 Å². The monoisotopic (exact) mass is 1890 g/mol. The molecule has 30 aromatic rings. The van der Waals surface area contributed by atoms with E-state index >= 15 is 0 Å². The van der Waals surface area contributed by atoms with Crippen LogP contribution in [0.1, 0.15) is 0 Å². The molecule has 0 N–H and O–H groups in total. The van der Waals surface area contributed by atoms with E-state index in [4.69, 9.17) is 49.8 Å². The standard InChI is InChI=1S/C45H29N5.C44H28N6.C43H27N5/c1-4-15-30(16-5-1)43-46-44(31-17-6-2-7-18-31)48-45(47-43)32-19-14-22-34(29-32)50-38-25-12-10-23-35(38)36-27-28-40-41(42(36)50)37-24-11-13-26-39(37)49(40)33-20-8-3-9-21-33;1-4-15-29(16-5-1)42-46-43(30-17-6-2-7-18-30)48-44(47-42)35-23-14-26-39(45-35)50-36-24-12-10-21-32(36)33-27-28-38-40(41(33)50)34-22-11-13-25-37(34)49(38)31-19-8-3-9-20-31;1-3-13-28(14-4-1)41-33-18-7-10-20-35(33)45-43(46-41)29-23-26-39(44-27-29)48-36-21-11-8-17-31(36)32-24-25-38-40(42(32)48)34-19-9-12-22-37(34)47(38)30-15-5-2-6-16-30/h1-29H;1-28H;1-27H. The second-order valence-electron chi connectivity index (χ2n) is 36.9. The molecule has 0 aliphatic carbocycles. The van der Waals surface area contributed by atoms with Gasteiger partial charge in [-0.2, -0.15) is 0 Å². The molecule has 0 radical (unpaired) electrons. The molecule has 30 rings (SSSR count). The predicted molar refractivity (Wildman–Crippen MR) is 604 cm³/mol. The van der Waals surface area contributed by atoms with Crippen molar-refractivity contribution < 1.29 is 0 Å². The average molecular weight is 1890 g/mol. The Kier molecular flexibility index (Phi) is 20.8. The molecule has 0 unspecified atom stereocenters. The number of nitrogens with zero attached hydrogens (tertiary/aromatic N) is 16. The molecular weight excluding hydrogens is 1810 g/mol. The molecule has 0 saturated carbocycles. The Bertz CT molecular complexity index is 9890. The van der Waals surface area contributed by atoms with Crippen molar-refractivity contribution in [2.75, 3.05) is 0 Å². The number of rotatable bonds is 14. The van der Waals surface area contributed by atoms with Gasteiger partial charge in [0, 0.05) is 138 Å². The van der Waals surface area contributed by atoms with E-state index in [1.807, 2.05) is 176 Å². The van der Waals surface area contributed by atoms with Gasteiger partial charge >= 0.3 is 0 Å². The SMILES string of the molecule is c1ccc(-c2nc(-c3ccc(-n4c5ccccc5c5ccc6c(c7ccccc7n6-c6ccccc6)c54)nc3)nc3ccccc23)cc1.c1ccc(-c2nc(-c3ccccc3)nc(-c3cccc(-n4c5ccccc5c5ccc6c(c7ccccc7n6-c6ccccc6)c54)c3)n2)cc1.c1ccc(-c2nc(-c3ccccc3)nc(-c3cccc(-n4c5ccccc5c5ccc6c(c7ccccc7n6-c6ccccc6)c54)n3)n2)cc1. The smallest absolute Gasteiger partial charge is 0.182 e. The Morgan fingerprint density at radius 2 is 0.453 bits per heavy atom. The molecule has 16 nitrogen and oxygen atoms in total. The summed E-state index contributed by atoms with van der Waals surface area (Å²) in [4.78, 5) is 50.3. The molecule has 0 saturated heterocycles. The maximum Gasteiger partial charge on any atom is 0.182 e. The molecule has 0 aliphatic rings. The minimum atomic E-state index is 0.520. The van der Waals surface area contributed by atoms with Crippen LogP contribution in [-0.4, -0.2) is 77.2 Å². The fourth-order valence-electron chi connectivity index (χ4n) is 21.8. The lowest BCUT2D eigenvalue weighted by Crippen LogP contribution is -2.03. The van der Waals surface area contributed by atoms with Crippen LogP contribution in [0, 0.1) is 0 Å². The van der Waals surface area contributed by atoms with Gasteiger partial charge in [0.1, 0.15) is 17.3 Å². The molecule has 0 atom stereocenters. The van der Waals surface area contributed by atoms with Crippen LogP contribution in [-0.2, 0) is 0 Å². The highest BCUT2D eigenvalue weighted by Gasteiger charge is 2.28. The third kappa shape index (κ3) is 14.6. The largest absolute Gasteiger partial charge is 0.309 e. The molecule has 0 spiro atoms. The van der Waals surface area contributed by atoms with Crippen molar-refractivity contribution in [3.63, 3.8) is 0 Å². The zero-order valence-electron chi connectivity index (χ0n) is 79.7. The summed E-state index contributed by atoms with van der Waals surface area (Å²) in [6, 6.07) is 175. The van der Waals surface area contributed by atoms with E-state index < -0.39 is 0 Å². The highest BCUT2D eigenvalue weighted by atomic mass is 15.1. The Balaban J connectivity index is 0.000000107. The van der Waals surface area contributed by atoms with Crippen molar-refractivity contribution in [1.29, 1.82) is 0 Å². The average Bonchev–Trinajstić information content (AvgIpc) is 1.55. The highest BCUT2D eigenvalue weighted by Crippen LogP contribution is 2.48. The molecule has 692 valence electrons. The fraction of sp³-hybridized carbons (Fsp3) is 0. The summed E-state index contributed by atoms with van der Waals surface area (Å²) in [7, 11) is 0. The third-order valence-electron chi connectivity index (χ3n) is 28.3. The molecule has 0 aliphatic heterocycles. The van der Waals surface area contributed by atoms with E-state index in [-0.39, 0.29) is 0 Å². The molecule has 19 aromatic carbocycles. The first-order chi connectivity index (χ1) is 73.5. The minimum absolute atomic E-state index is 0.520. The summed E-state index contributed by atoms with van der Waals surface area (Å²) in [5.41, 5.74) is 27.3. The normalized spacial score (nSPS) is 11.6. The van der Waals surface area contributed by atoms with Crippen molar-refractivity contribution in [2.45, 2.75) is 0 Å². The van der Waals surface area contributed by atoms with E-state index in [0.717, 1.165) is 134 Å². The molecule has 16 heteroatoms. The number of para-hydroxylation sites is 10. The van der Waals surface area contributed by atoms with Crippen molar-refractivity contribution in [1.82, 2.24) is 77.2 Å². The lowest BCUT2D eigenvalue weighted by Gasteiger charge is -2.12. The first-order valence-corrected chi connectivity index (χ1v) is 49.6. The van der Waals surface area contributed by atoms with Crippen LogP contribution < -0.4 is 0 Å². The Morgan fingerprint density at radius 3 is 0.858 bits per heavy atom. The van der Waals surface area contributed by atoms with Crippen molar-refractivity contribution in [2.24, 2.45) is 0 Å². The number of aromatic nitrogens is 16.